The first-order chi connectivity index (χ1) is 7.60. The molecule has 0 aromatic rings. The third-order valence-corrected chi connectivity index (χ3v) is 2.52. The largest absolute Gasteiger partial charge is 0.396 e. The van der Waals surface area contributed by atoms with E-state index in [0.29, 0.717) is 25.4 Å². The van der Waals surface area contributed by atoms with Crippen LogP contribution in [0.25, 0.3) is 0 Å². The van der Waals surface area contributed by atoms with Gasteiger partial charge in [0.25, 0.3) is 0 Å². The number of rotatable bonds is 9. The number of carbonyl (C=O) groups is 1. The van der Waals surface area contributed by atoms with Gasteiger partial charge >= 0.3 is 0 Å². The van der Waals surface area contributed by atoms with E-state index in [-0.39, 0.29) is 18.4 Å². The summed E-state index contributed by atoms with van der Waals surface area (Å²) in [5.74, 6) is 0.947. The molecule has 4 N–H and O–H groups in total. The number of amides is 1. The zero-order valence-corrected chi connectivity index (χ0v) is 10.5. The minimum atomic E-state index is 0.0778. The maximum absolute atomic E-state index is 11.5. The van der Waals surface area contributed by atoms with Crippen LogP contribution in [-0.4, -0.2) is 30.7 Å². The topological polar surface area (TPSA) is 75.4 Å². The van der Waals surface area contributed by atoms with Gasteiger partial charge in [0.2, 0.25) is 5.91 Å². The number of carbonyl (C=O) groups excluding carboxylic acids is 1. The fourth-order valence-corrected chi connectivity index (χ4v) is 1.73. The highest BCUT2D eigenvalue weighted by Gasteiger charge is 2.13. The van der Waals surface area contributed by atoms with Crippen LogP contribution in [0.5, 0.6) is 0 Å². The monoisotopic (exact) mass is 230 g/mol. The molecule has 96 valence electrons. The molecule has 4 heteroatoms. The summed E-state index contributed by atoms with van der Waals surface area (Å²) in [6.45, 7) is 5.69. The maximum atomic E-state index is 11.5. The molecule has 0 fully saturated rings. The maximum Gasteiger partial charge on any atom is 0.220 e. The molecule has 1 unspecified atom stereocenters. The fraction of sp³-hybridized carbons (Fsp3) is 0.917. The lowest BCUT2D eigenvalue weighted by atomic mass is 9.94. The first kappa shape index (κ1) is 15.4. The van der Waals surface area contributed by atoms with Gasteiger partial charge in [-0.05, 0) is 37.6 Å². The number of unbranched alkanes of at least 4 members (excludes halogenated alkanes) is 1. The molecule has 0 saturated heterocycles. The van der Waals surface area contributed by atoms with Gasteiger partial charge in [-0.25, -0.2) is 0 Å². The Morgan fingerprint density at radius 1 is 1.38 bits per heavy atom. The van der Waals surface area contributed by atoms with E-state index in [1.807, 2.05) is 0 Å². The highest BCUT2D eigenvalue weighted by molar-refractivity contribution is 5.76. The van der Waals surface area contributed by atoms with Gasteiger partial charge < -0.3 is 16.2 Å². The SMILES string of the molecule is CC(C)CC(CN)CC(=O)NCCCCO. The molecule has 0 aromatic heterocycles. The number of aliphatic hydroxyl groups is 1. The van der Waals surface area contributed by atoms with Gasteiger partial charge in [0.1, 0.15) is 0 Å². The van der Waals surface area contributed by atoms with Crippen LogP contribution in [0, 0.1) is 11.8 Å². The van der Waals surface area contributed by atoms with E-state index in [4.69, 9.17) is 10.8 Å². The van der Waals surface area contributed by atoms with Crippen molar-refractivity contribution in [3.8, 4) is 0 Å². The van der Waals surface area contributed by atoms with Crippen molar-refractivity contribution in [2.75, 3.05) is 19.7 Å². The number of hydrogen-bond donors (Lipinski definition) is 3. The Balaban J connectivity index is 3.66. The molecule has 16 heavy (non-hydrogen) atoms. The summed E-state index contributed by atoms with van der Waals surface area (Å²) in [7, 11) is 0. The summed E-state index contributed by atoms with van der Waals surface area (Å²) in [4.78, 5) is 11.5. The van der Waals surface area contributed by atoms with Crippen molar-refractivity contribution in [3.05, 3.63) is 0 Å². The van der Waals surface area contributed by atoms with Crippen LogP contribution in [0.1, 0.15) is 39.5 Å². The Morgan fingerprint density at radius 3 is 2.56 bits per heavy atom. The summed E-state index contributed by atoms with van der Waals surface area (Å²) in [5, 5.41) is 11.4. The standard InChI is InChI=1S/C12H26N2O2/c1-10(2)7-11(9-13)8-12(16)14-5-3-4-6-15/h10-11,15H,3-9,13H2,1-2H3,(H,14,16). The van der Waals surface area contributed by atoms with Crippen molar-refractivity contribution in [3.63, 3.8) is 0 Å². The number of aliphatic hydroxyl groups excluding tert-OH is 1. The van der Waals surface area contributed by atoms with Crippen LogP contribution < -0.4 is 11.1 Å². The number of nitrogens with two attached hydrogens (primary N) is 1. The van der Waals surface area contributed by atoms with Crippen LogP contribution in [-0.2, 0) is 4.79 Å². The van der Waals surface area contributed by atoms with Gasteiger partial charge in [-0.3, -0.25) is 4.79 Å². The van der Waals surface area contributed by atoms with Gasteiger partial charge in [-0.2, -0.15) is 0 Å². The third kappa shape index (κ3) is 8.68. The second-order valence-corrected chi connectivity index (χ2v) is 4.72. The molecule has 0 radical (unpaired) electrons. The normalized spacial score (nSPS) is 12.8. The van der Waals surface area contributed by atoms with Crippen LogP contribution in [0.2, 0.25) is 0 Å². The summed E-state index contributed by atoms with van der Waals surface area (Å²) in [5.41, 5.74) is 5.63. The third-order valence-electron chi connectivity index (χ3n) is 2.52. The average Bonchev–Trinajstić information content (AvgIpc) is 2.23. The molecule has 4 nitrogen and oxygen atoms in total. The van der Waals surface area contributed by atoms with Gasteiger partial charge in [0.05, 0.1) is 0 Å². The molecular weight excluding hydrogens is 204 g/mol. The van der Waals surface area contributed by atoms with Gasteiger partial charge in [-0.1, -0.05) is 13.8 Å². The summed E-state index contributed by atoms with van der Waals surface area (Å²) in [6.07, 6.45) is 3.10. The van der Waals surface area contributed by atoms with E-state index in [1.54, 1.807) is 0 Å². The zero-order chi connectivity index (χ0) is 12.4. The Labute approximate surface area is 98.6 Å². The molecule has 1 atom stereocenters. The van der Waals surface area contributed by atoms with E-state index >= 15 is 0 Å². The Bertz CT molecular complexity index is 184. The smallest absolute Gasteiger partial charge is 0.220 e. The van der Waals surface area contributed by atoms with E-state index in [1.165, 1.54) is 0 Å². The summed E-state index contributed by atoms with van der Waals surface area (Å²) in [6, 6.07) is 0. The first-order valence-corrected chi connectivity index (χ1v) is 6.17. The highest BCUT2D eigenvalue weighted by atomic mass is 16.2. The lowest BCUT2D eigenvalue weighted by Crippen LogP contribution is -2.29. The van der Waals surface area contributed by atoms with Gasteiger partial charge in [-0.15, -0.1) is 0 Å². The van der Waals surface area contributed by atoms with Crippen molar-refractivity contribution in [2.45, 2.75) is 39.5 Å². The highest BCUT2D eigenvalue weighted by Crippen LogP contribution is 2.13. The lowest BCUT2D eigenvalue weighted by Gasteiger charge is -2.16. The van der Waals surface area contributed by atoms with Crippen molar-refractivity contribution in [2.24, 2.45) is 17.6 Å². The van der Waals surface area contributed by atoms with E-state index in [2.05, 4.69) is 19.2 Å². The predicted octanol–water partition coefficient (Wildman–Crippen LogP) is 0.886. The van der Waals surface area contributed by atoms with E-state index < -0.39 is 0 Å². The van der Waals surface area contributed by atoms with Crippen LogP contribution in [0.3, 0.4) is 0 Å². The van der Waals surface area contributed by atoms with Crippen molar-refractivity contribution in [1.82, 2.24) is 5.32 Å². The molecule has 0 spiro atoms. The quantitative estimate of drug-likeness (QED) is 0.515. The van der Waals surface area contributed by atoms with Crippen molar-refractivity contribution in [1.29, 1.82) is 0 Å². The molecule has 0 aromatic carbocycles. The van der Waals surface area contributed by atoms with Crippen LogP contribution in [0.4, 0.5) is 0 Å². The van der Waals surface area contributed by atoms with Crippen LogP contribution in [0.15, 0.2) is 0 Å². The first-order valence-electron chi connectivity index (χ1n) is 6.17. The minimum absolute atomic E-state index is 0.0778. The number of nitrogens with one attached hydrogen (secondary N) is 1. The Kier molecular flexibility index (Phi) is 9.24. The zero-order valence-electron chi connectivity index (χ0n) is 10.5. The van der Waals surface area contributed by atoms with Crippen molar-refractivity contribution >= 4 is 5.91 Å². The minimum Gasteiger partial charge on any atom is -0.396 e. The van der Waals surface area contributed by atoms with Gasteiger partial charge in [0.15, 0.2) is 0 Å². The molecule has 0 saturated carbocycles. The summed E-state index contributed by atoms with van der Waals surface area (Å²) >= 11 is 0. The summed E-state index contributed by atoms with van der Waals surface area (Å²) < 4.78 is 0. The predicted molar refractivity (Wildman–Crippen MR) is 65.9 cm³/mol. The molecular formula is C12H26N2O2. The molecule has 0 aliphatic heterocycles. The Hall–Kier alpha value is -0.610. The van der Waals surface area contributed by atoms with Gasteiger partial charge in [0, 0.05) is 19.6 Å². The average molecular weight is 230 g/mol. The second-order valence-electron chi connectivity index (χ2n) is 4.72. The molecule has 0 heterocycles. The van der Waals surface area contributed by atoms with E-state index in [0.717, 1.165) is 19.3 Å². The molecule has 0 aliphatic carbocycles. The Morgan fingerprint density at radius 2 is 2.06 bits per heavy atom. The molecule has 1 amide bonds. The molecule has 0 rings (SSSR count). The molecule has 0 bridgehead atoms. The van der Waals surface area contributed by atoms with E-state index in [9.17, 15) is 4.79 Å². The van der Waals surface area contributed by atoms with Crippen LogP contribution >= 0.6 is 0 Å². The van der Waals surface area contributed by atoms with Crippen molar-refractivity contribution < 1.29 is 9.90 Å². The molecule has 0 aliphatic rings. The second kappa shape index (κ2) is 9.60. The lowest BCUT2D eigenvalue weighted by molar-refractivity contribution is -0.122. The number of hydrogen-bond acceptors (Lipinski definition) is 3. The fourth-order valence-electron chi connectivity index (χ4n) is 1.73.